The molecule has 0 aliphatic heterocycles. The van der Waals surface area contributed by atoms with Crippen LogP contribution in [0.3, 0.4) is 0 Å². The molecule has 0 saturated carbocycles. The fraction of sp³-hybridized carbons (Fsp3) is 0.500. The highest BCUT2D eigenvalue weighted by molar-refractivity contribution is 5.32. The fourth-order valence-corrected chi connectivity index (χ4v) is 1.89. The summed E-state index contributed by atoms with van der Waals surface area (Å²) in [5.41, 5.74) is 2.47. The Morgan fingerprint density at radius 2 is 2.00 bits per heavy atom. The van der Waals surface area contributed by atoms with E-state index in [4.69, 9.17) is 4.98 Å². The molecule has 20 heavy (non-hydrogen) atoms. The minimum atomic E-state index is 0.108. The molecule has 0 aliphatic rings. The molecule has 2 rings (SSSR count). The van der Waals surface area contributed by atoms with Crippen molar-refractivity contribution in [2.24, 2.45) is 0 Å². The summed E-state index contributed by atoms with van der Waals surface area (Å²) in [6, 6.07) is 4.30. The summed E-state index contributed by atoms with van der Waals surface area (Å²) in [7, 11) is 0. The van der Waals surface area contributed by atoms with E-state index in [0.29, 0.717) is 5.92 Å². The molecule has 0 spiro atoms. The molecule has 0 atom stereocenters. The van der Waals surface area contributed by atoms with Gasteiger partial charge in [0.25, 0.3) is 0 Å². The molecule has 4 nitrogen and oxygen atoms in total. The van der Waals surface area contributed by atoms with E-state index in [-0.39, 0.29) is 5.54 Å². The summed E-state index contributed by atoms with van der Waals surface area (Å²) < 4.78 is 1.95. The van der Waals surface area contributed by atoms with Gasteiger partial charge in [0.2, 0.25) is 0 Å². The van der Waals surface area contributed by atoms with Gasteiger partial charge in [-0.05, 0) is 44.4 Å². The van der Waals surface area contributed by atoms with Gasteiger partial charge in [-0.25, -0.2) is 9.97 Å². The lowest BCUT2D eigenvalue weighted by molar-refractivity contribution is 0.424. The zero-order valence-electron chi connectivity index (χ0n) is 13.0. The van der Waals surface area contributed by atoms with Gasteiger partial charge in [-0.3, -0.25) is 4.57 Å². The van der Waals surface area contributed by atoms with Gasteiger partial charge in [0.05, 0.1) is 0 Å². The summed E-state index contributed by atoms with van der Waals surface area (Å²) in [6.07, 6.45) is 5.48. The van der Waals surface area contributed by atoms with Crippen LogP contribution in [0.4, 0.5) is 0 Å². The van der Waals surface area contributed by atoms with Crippen molar-refractivity contribution in [1.29, 1.82) is 0 Å². The monoisotopic (exact) mass is 272 g/mol. The van der Waals surface area contributed by atoms with Crippen molar-refractivity contribution in [1.82, 2.24) is 19.9 Å². The van der Waals surface area contributed by atoms with Crippen molar-refractivity contribution in [3.05, 3.63) is 42.1 Å². The number of pyridine rings is 1. The van der Waals surface area contributed by atoms with Crippen molar-refractivity contribution < 1.29 is 0 Å². The number of aromatic nitrogens is 3. The van der Waals surface area contributed by atoms with E-state index in [1.54, 1.807) is 12.5 Å². The third kappa shape index (κ3) is 3.90. The van der Waals surface area contributed by atoms with E-state index in [1.807, 2.05) is 10.8 Å². The summed E-state index contributed by atoms with van der Waals surface area (Å²) in [5.74, 6) is 1.34. The van der Waals surface area contributed by atoms with Crippen molar-refractivity contribution in [2.75, 3.05) is 0 Å². The first kappa shape index (κ1) is 14.7. The lowest BCUT2D eigenvalue weighted by Crippen LogP contribution is -2.35. The maximum absolute atomic E-state index is 4.71. The Labute approximate surface area is 121 Å². The fourth-order valence-electron chi connectivity index (χ4n) is 1.89. The Kier molecular flexibility index (Phi) is 4.23. The molecule has 1 N–H and O–H groups in total. The van der Waals surface area contributed by atoms with Crippen molar-refractivity contribution in [3.63, 3.8) is 0 Å². The number of imidazole rings is 1. The normalized spacial score (nSPS) is 12.1. The highest BCUT2D eigenvalue weighted by Gasteiger charge is 2.11. The van der Waals surface area contributed by atoms with Crippen LogP contribution < -0.4 is 5.32 Å². The highest BCUT2D eigenvalue weighted by atomic mass is 15.1. The number of hydrogen-bond donors (Lipinski definition) is 1. The number of hydrogen-bond acceptors (Lipinski definition) is 3. The van der Waals surface area contributed by atoms with Crippen molar-refractivity contribution >= 4 is 0 Å². The van der Waals surface area contributed by atoms with Crippen LogP contribution in [-0.2, 0) is 6.54 Å². The summed E-state index contributed by atoms with van der Waals surface area (Å²) in [4.78, 5) is 8.81. The van der Waals surface area contributed by atoms with Crippen LogP contribution in [0.2, 0.25) is 0 Å². The first-order valence-corrected chi connectivity index (χ1v) is 7.09. The van der Waals surface area contributed by atoms with Crippen molar-refractivity contribution in [3.8, 4) is 5.82 Å². The minimum Gasteiger partial charge on any atom is -0.308 e. The standard InChI is InChI=1S/C16H24N4/c1-12(2)14-8-13(10-18-16(3,4)5)9-15(19-14)20-7-6-17-11-20/h6-9,11-12,18H,10H2,1-5H3. The molecule has 2 aromatic rings. The van der Waals surface area contributed by atoms with Gasteiger partial charge in [-0.1, -0.05) is 13.8 Å². The van der Waals surface area contributed by atoms with Crippen LogP contribution in [0.25, 0.3) is 5.82 Å². The molecule has 2 aromatic heterocycles. The predicted octanol–water partition coefficient (Wildman–Crippen LogP) is 3.28. The van der Waals surface area contributed by atoms with Crippen LogP contribution in [-0.4, -0.2) is 20.1 Å². The summed E-state index contributed by atoms with van der Waals surface area (Å²) >= 11 is 0. The molecule has 0 unspecified atom stereocenters. The van der Waals surface area contributed by atoms with Gasteiger partial charge in [0.1, 0.15) is 12.1 Å². The molecule has 0 radical (unpaired) electrons. The molecular weight excluding hydrogens is 248 g/mol. The number of rotatable bonds is 4. The van der Waals surface area contributed by atoms with E-state index >= 15 is 0 Å². The molecule has 0 amide bonds. The minimum absolute atomic E-state index is 0.108. The quantitative estimate of drug-likeness (QED) is 0.928. The van der Waals surface area contributed by atoms with Crippen LogP contribution in [0, 0.1) is 0 Å². The second kappa shape index (κ2) is 5.75. The second-order valence-electron chi connectivity index (χ2n) is 6.49. The molecule has 108 valence electrons. The third-order valence-electron chi connectivity index (χ3n) is 3.07. The molecule has 0 bridgehead atoms. The van der Waals surface area contributed by atoms with Gasteiger partial charge in [0, 0.05) is 30.2 Å². The maximum Gasteiger partial charge on any atom is 0.138 e. The number of nitrogens with zero attached hydrogens (tertiary/aromatic N) is 3. The Balaban J connectivity index is 2.32. The Morgan fingerprint density at radius 1 is 1.25 bits per heavy atom. The molecule has 0 fully saturated rings. The van der Waals surface area contributed by atoms with E-state index in [9.17, 15) is 0 Å². The lowest BCUT2D eigenvalue weighted by atomic mass is 10.1. The van der Waals surface area contributed by atoms with E-state index < -0.39 is 0 Å². The molecule has 4 heteroatoms. The topological polar surface area (TPSA) is 42.7 Å². The Bertz CT molecular complexity index is 550. The zero-order valence-corrected chi connectivity index (χ0v) is 13.0. The van der Waals surface area contributed by atoms with E-state index in [0.717, 1.165) is 18.1 Å². The van der Waals surface area contributed by atoms with Gasteiger partial charge in [0.15, 0.2) is 0 Å². The molecule has 0 aromatic carbocycles. The second-order valence-corrected chi connectivity index (χ2v) is 6.49. The molecular formula is C16H24N4. The average Bonchev–Trinajstić information content (AvgIpc) is 2.89. The Hall–Kier alpha value is -1.68. The molecule has 0 saturated heterocycles. The Morgan fingerprint density at radius 3 is 2.55 bits per heavy atom. The average molecular weight is 272 g/mol. The van der Waals surface area contributed by atoms with Gasteiger partial charge < -0.3 is 5.32 Å². The summed E-state index contributed by atoms with van der Waals surface area (Å²) in [5, 5.41) is 3.52. The predicted molar refractivity (Wildman–Crippen MR) is 82.0 cm³/mol. The maximum atomic E-state index is 4.71. The zero-order chi connectivity index (χ0) is 14.8. The van der Waals surface area contributed by atoms with E-state index in [1.165, 1.54) is 5.56 Å². The SMILES string of the molecule is CC(C)c1cc(CNC(C)(C)C)cc(-n2ccnc2)n1. The molecule has 0 aliphatic carbocycles. The first-order valence-electron chi connectivity index (χ1n) is 7.09. The van der Waals surface area contributed by atoms with Gasteiger partial charge in [-0.2, -0.15) is 0 Å². The summed E-state index contributed by atoms with van der Waals surface area (Å²) in [6.45, 7) is 11.7. The largest absolute Gasteiger partial charge is 0.308 e. The van der Waals surface area contributed by atoms with Crippen LogP contribution in [0.5, 0.6) is 0 Å². The highest BCUT2D eigenvalue weighted by Crippen LogP contribution is 2.17. The first-order chi connectivity index (χ1) is 9.35. The van der Waals surface area contributed by atoms with Crippen LogP contribution >= 0.6 is 0 Å². The van der Waals surface area contributed by atoms with Crippen LogP contribution in [0.15, 0.2) is 30.9 Å². The number of nitrogens with one attached hydrogen (secondary N) is 1. The smallest absolute Gasteiger partial charge is 0.138 e. The van der Waals surface area contributed by atoms with Gasteiger partial charge >= 0.3 is 0 Å². The third-order valence-corrected chi connectivity index (χ3v) is 3.07. The molecule has 2 heterocycles. The van der Waals surface area contributed by atoms with Crippen LogP contribution in [0.1, 0.15) is 51.8 Å². The van der Waals surface area contributed by atoms with E-state index in [2.05, 4.69) is 57.1 Å². The van der Waals surface area contributed by atoms with Crippen molar-refractivity contribution in [2.45, 2.75) is 52.6 Å². The lowest BCUT2D eigenvalue weighted by Gasteiger charge is -2.21. The van der Waals surface area contributed by atoms with Gasteiger partial charge in [-0.15, -0.1) is 0 Å².